The Balaban J connectivity index is 1.08. The molecule has 1 fully saturated rings. The number of hydrogen-bond acceptors (Lipinski definition) is 8. The molecule has 1 unspecified atom stereocenters. The predicted molar refractivity (Wildman–Crippen MR) is 153 cm³/mol. The summed E-state index contributed by atoms with van der Waals surface area (Å²) in [5, 5.41) is 0.766. The van der Waals surface area contributed by atoms with Crippen LogP contribution in [0.3, 0.4) is 0 Å². The van der Waals surface area contributed by atoms with Crippen molar-refractivity contribution in [2.24, 2.45) is 5.73 Å². The number of carbonyl (C=O) groups excluding carboxylic acids is 4. The fraction of sp³-hybridized carbons (Fsp3) is 0.367. The molecule has 0 radical (unpaired) electrons. The molecule has 212 valence electrons. The van der Waals surface area contributed by atoms with Crippen LogP contribution in [0.2, 0.25) is 0 Å². The Kier molecular flexibility index (Phi) is 7.55. The van der Waals surface area contributed by atoms with Crippen LogP contribution in [0.15, 0.2) is 48.1 Å². The SMILES string of the molecule is NC(=O)C(CCC=O)N1Cc2cc(C3CCN(Cc4ccc5c(c4)C(=O)N(c4cncs4)CO5)CC3)ccc2C1=O. The summed E-state index contributed by atoms with van der Waals surface area (Å²) in [6.07, 6.45) is 4.79. The minimum absolute atomic E-state index is 0.0735. The summed E-state index contributed by atoms with van der Waals surface area (Å²) in [6, 6.07) is 11.0. The lowest BCUT2D eigenvalue weighted by atomic mass is 9.87. The number of nitrogens with zero attached hydrogens (tertiary/aromatic N) is 4. The lowest BCUT2D eigenvalue weighted by molar-refractivity contribution is -0.122. The van der Waals surface area contributed by atoms with Crippen molar-refractivity contribution in [3.05, 3.63) is 75.9 Å². The van der Waals surface area contributed by atoms with E-state index >= 15 is 0 Å². The van der Waals surface area contributed by atoms with E-state index < -0.39 is 11.9 Å². The van der Waals surface area contributed by atoms with Gasteiger partial charge in [-0.1, -0.05) is 18.2 Å². The Morgan fingerprint density at radius 3 is 2.68 bits per heavy atom. The van der Waals surface area contributed by atoms with E-state index in [1.165, 1.54) is 21.8 Å². The molecule has 1 atom stereocenters. The number of aldehydes is 1. The number of fused-ring (bicyclic) bond motifs is 2. The molecule has 0 aliphatic carbocycles. The first-order valence-corrected chi connectivity index (χ1v) is 14.7. The number of piperidine rings is 1. The average molecular weight is 574 g/mol. The summed E-state index contributed by atoms with van der Waals surface area (Å²) in [5.74, 6) is 0.108. The number of likely N-dealkylation sites (tertiary alicyclic amines) is 1. The van der Waals surface area contributed by atoms with Gasteiger partial charge < -0.3 is 20.2 Å². The van der Waals surface area contributed by atoms with Crippen molar-refractivity contribution in [1.82, 2.24) is 14.8 Å². The minimum Gasteiger partial charge on any atom is -0.472 e. The Labute approximate surface area is 241 Å². The van der Waals surface area contributed by atoms with Gasteiger partial charge in [0.2, 0.25) is 5.91 Å². The van der Waals surface area contributed by atoms with Crippen LogP contribution in [0.25, 0.3) is 0 Å². The van der Waals surface area contributed by atoms with Crippen molar-refractivity contribution in [3.63, 3.8) is 0 Å². The molecular formula is C30H31N5O5S. The van der Waals surface area contributed by atoms with Crippen molar-refractivity contribution in [2.45, 2.75) is 50.7 Å². The Morgan fingerprint density at radius 2 is 1.95 bits per heavy atom. The van der Waals surface area contributed by atoms with Crippen molar-refractivity contribution in [2.75, 3.05) is 24.7 Å². The first-order chi connectivity index (χ1) is 19.9. The highest BCUT2D eigenvalue weighted by atomic mass is 32.1. The zero-order valence-corrected chi connectivity index (χ0v) is 23.3. The van der Waals surface area contributed by atoms with Crippen LogP contribution in [0.4, 0.5) is 5.00 Å². The topological polar surface area (TPSA) is 126 Å². The smallest absolute Gasteiger partial charge is 0.265 e. The standard InChI is InChI=1S/C30H31N5O5S/c31-28(37)25(2-1-11-36)34-16-22-13-21(4-5-23(22)29(34)38)20-7-9-33(10-8-20)15-19-3-6-26-24(12-19)30(39)35(18-40-26)27-14-32-17-41-27/h3-6,11-14,17,20,25H,1-2,7-10,15-16,18H2,(H2,31,37). The normalized spacial score (nSPS) is 18.1. The Bertz CT molecular complexity index is 1480. The van der Waals surface area contributed by atoms with E-state index in [-0.39, 0.29) is 31.4 Å². The zero-order chi connectivity index (χ0) is 28.5. The molecule has 2 aromatic carbocycles. The van der Waals surface area contributed by atoms with Crippen LogP contribution in [-0.2, 0) is 22.7 Å². The summed E-state index contributed by atoms with van der Waals surface area (Å²) in [7, 11) is 0. The van der Waals surface area contributed by atoms with Gasteiger partial charge in [0.1, 0.15) is 23.1 Å². The number of thiazole rings is 1. The van der Waals surface area contributed by atoms with Crippen molar-refractivity contribution in [1.29, 1.82) is 0 Å². The highest BCUT2D eigenvalue weighted by Crippen LogP contribution is 2.35. The maximum absolute atomic E-state index is 13.1. The van der Waals surface area contributed by atoms with Gasteiger partial charge in [-0.15, -0.1) is 11.3 Å². The second kappa shape index (κ2) is 11.4. The third-order valence-corrected chi connectivity index (χ3v) is 9.04. The average Bonchev–Trinajstić information content (AvgIpc) is 3.62. The van der Waals surface area contributed by atoms with E-state index in [0.29, 0.717) is 29.3 Å². The summed E-state index contributed by atoms with van der Waals surface area (Å²) < 4.78 is 5.83. The molecule has 3 aromatic rings. The molecule has 10 nitrogen and oxygen atoms in total. The molecule has 4 heterocycles. The van der Waals surface area contributed by atoms with Crippen LogP contribution in [-0.4, -0.2) is 64.7 Å². The van der Waals surface area contributed by atoms with Crippen LogP contribution in [0.5, 0.6) is 5.75 Å². The molecule has 3 amide bonds. The second-order valence-corrected chi connectivity index (χ2v) is 11.6. The van der Waals surface area contributed by atoms with Crippen LogP contribution in [0, 0.1) is 0 Å². The number of anilines is 1. The number of aromatic nitrogens is 1. The molecule has 3 aliphatic rings. The van der Waals surface area contributed by atoms with Gasteiger partial charge in [-0.05, 0) is 73.2 Å². The maximum Gasteiger partial charge on any atom is 0.265 e. The molecule has 1 saturated heterocycles. The van der Waals surface area contributed by atoms with Gasteiger partial charge in [0.25, 0.3) is 11.8 Å². The highest BCUT2D eigenvalue weighted by Gasteiger charge is 2.36. The Hall–Kier alpha value is -4.09. The highest BCUT2D eigenvalue weighted by molar-refractivity contribution is 7.14. The summed E-state index contributed by atoms with van der Waals surface area (Å²) in [5.41, 5.74) is 11.6. The first kappa shape index (κ1) is 27.1. The van der Waals surface area contributed by atoms with E-state index in [0.717, 1.165) is 54.9 Å². The molecule has 0 spiro atoms. The Morgan fingerprint density at radius 1 is 1.12 bits per heavy atom. The van der Waals surface area contributed by atoms with Gasteiger partial charge in [-0.25, -0.2) is 0 Å². The number of primary amides is 1. The maximum atomic E-state index is 13.1. The third kappa shape index (κ3) is 5.34. The van der Waals surface area contributed by atoms with Crippen LogP contribution < -0.4 is 15.4 Å². The number of amides is 3. The van der Waals surface area contributed by atoms with Gasteiger partial charge in [0, 0.05) is 25.1 Å². The summed E-state index contributed by atoms with van der Waals surface area (Å²) in [4.78, 5) is 58.5. The lowest BCUT2D eigenvalue weighted by Gasteiger charge is -2.33. The van der Waals surface area contributed by atoms with Crippen molar-refractivity contribution >= 4 is 40.3 Å². The van der Waals surface area contributed by atoms with Crippen LogP contribution >= 0.6 is 11.3 Å². The summed E-state index contributed by atoms with van der Waals surface area (Å²) >= 11 is 1.41. The molecular weight excluding hydrogens is 542 g/mol. The van der Waals surface area contributed by atoms with Gasteiger partial charge in [0.05, 0.1) is 17.3 Å². The van der Waals surface area contributed by atoms with Crippen molar-refractivity contribution in [3.8, 4) is 5.75 Å². The monoisotopic (exact) mass is 573 g/mol. The van der Waals surface area contributed by atoms with E-state index in [2.05, 4.69) is 16.0 Å². The number of carbonyl (C=O) groups is 4. The molecule has 3 aliphatic heterocycles. The van der Waals surface area contributed by atoms with Gasteiger partial charge in [0.15, 0.2) is 6.73 Å². The first-order valence-electron chi connectivity index (χ1n) is 13.8. The van der Waals surface area contributed by atoms with E-state index in [1.807, 2.05) is 30.3 Å². The number of benzene rings is 2. The lowest BCUT2D eigenvalue weighted by Crippen LogP contribution is -2.44. The second-order valence-electron chi connectivity index (χ2n) is 10.7. The fourth-order valence-corrected chi connectivity index (χ4v) is 6.66. The summed E-state index contributed by atoms with van der Waals surface area (Å²) in [6.45, 7) is 3.08. The number of ether oxygens (including phenoxy) is 1. The van der Waals surface area contributed by atoms with Crippen LogP contribution in [0.1, 0.15) is 69.0 Å². The van der Waals surface area contributed by atoms with E-state index in [4.69, 9.17) is 10.5 Å². The third-order valence-electron chi connectivity index (χ3n) is 8.24. The molecule has 6 rings (SSSR count). The zero-order valence-electron chi connectivity index (χ0n) is 22.5. The number of nitrogens with two attached hydrogens (primary N) is 1. The molecule has 0 saturated carbocycles. The number of rotatable bonds is 9. The molecule has 2 N–H and O–H groups in total. The quantitative estimate of drug-likeness (QED) is 0.389. The molecule has 41 heavy (non-hydrogen) atoms. The van der Waals surface area contributed by atoms with E-state index in [1.54, 1.807) is 16.6 Å². The number of hydrogen-bond donors (Lipinski definition) is 1. The molecule has 0 bridgehead atoms. The van der Waals surface area contributed by atoms with E-state index in [9.17, 15) is 19.2 Å². The van der Waals surface area contributed by atoms with Crippen molar-refractivity contribution < 1.29 is 23.9 Å². The molecule has 11 heteroatoms. The fourth-order valence-electron chi connectivity index (χ4n) is 6.04. The minimum atomic E-state index is -0.784. The predicted octanol–water partition coefficient (Wildman–Crippen LogP) is 3.31. The largest absolute Gasteiger partial charge is 0.472 e. The van der Waals surface area contributed by atoms with Gasteiger partial charge in [-0.3, -0.25) is 29.2 Å². The van der Waals surface area contributed by atoms with Gasteiger partial charge in [-0.2, -0.15) is 0 Å². The molecule has 1 aromatic heterocycles. The van der Waals surface area contributed by atoms with Gasteiger partial charge >= 0.3 is 0 Å².